The van der Waals surface area contributed by atoms with Crippen LogP contribution in [0.5, 0.6) is 5.75 Å². The Morgan fingerprint density at radius 1 is 1.39 bits per heavy atom. The first-order valence-electron chi connectivity index (χ1n) is 8.10. The van der Waals surface area contributed by atoms with E-state index in [4.69, 9.17) is 15.7 Å². The number of hydrogen-bond acceptors (Lipinski definition) is 7. The van der Waals surface area contributed by atoms with E-state index in [0.29, 0.717) is 0 Å². The molecule has 0 radical (unpaired) electrons. The number of benzene rings is 1. The summed E-state index contributed by atoms with van der Waals surface area (Å²) in [5.74, 6) is -1.50. The van der Waals surface area contributed by atoms with Gasteiger partial charge in [0.1, 0.15) is 35.2 Å². The molecule has 0 amide bonds. The first-order chi connectivity index (χ1) is 13.2. The quantitative estimate of drug-likeness (QED) is 0.729. The molecule has 0 bridgehead atoms. The second-order valence-corrected chi connectivity index (χ2v) is 8.16. The molecule has 1 aliphatic heterocycles. The predicted octanol–water partition coefficient (Wildman–Crippen LogP) is 0.373. The highest BCUT2D eigenvalue weighted by Crippen LogP contribution is 2.30. The highest BCUT2D eigenvalue weighted by Gasteiger charge is 2.50. The van der Waals surface area contributed by atoms with Gasteiger partial charge in [0.2, 0.25) is 0 Å². The molecule has 2 heterocycles. The highest BCUT2D eigenvalue weighted by molar-refractivity contribution is 7.89. The summed E-state index contributed by atoms with van der Waals surface area (Å²) in [6.07, 6.45) is -0.328. The molecular formula is C17H16F2N4O4S. The summed E-state index contributed by atoms with van der Waals surface area (Å²) in [6, 6.07) is 7.14. The number of nitrogens with zero attached hydrogens (tertiary/aromatic N) is 3. The fourth-order valence-electron chi connectivity index (χ4n) is 2.82. The largest absolute Gasteiger partial charge is 0.486 e. The summed E-state index contributed by atoms with van der Waals surface area (Å²) in [5, 5.41) is 19.1. The topological polar surface area (TPSA) is 130 Å². The Morgan fingerprint density at radius 2 is 2.14 bits per heavy atom. The van der Waals surface area contributed by atoms with Crippen LogP contribution in [0.3, 0.4) is 0 Å². The van der Waals surface area contributed by atoms with Crippen molar-refractivity contribution < 1.29 is 27.0 Å². The van der Waals surface area contributed by atoms with Crippen LogP contribution in [-0.4, -0.2) is 54.2 Å². The van der Waals surface area contributed by atoms with Gasteiger partial charge < -0.3 is 15.6 Å². The predicted molar refractivity (Wildman–Crippen MR) is 92.5 cm³/mol. The van der Waals surface area contributed by atoms with Gasteiger partial charge in [-0.1, -0.05) is 0 Å². The van der Waals surface area contributed by atoms with Crippen molar-refractivity contribution in [1.29, 1.82) is 5.26 Å². The molecular weight excluding hydrogens is 394 g/mol. The fourth-order valence-corrected chi connectivity index (χ4v) is 4.24. The van der Waals surface area contributed by atoms with Crippen LogP contribution in [0.2, 0.25) is 0 Å². The molecule has 2 atom stereocenters. The number of β-amino-alcohol motifs (C(OH)–C–C–N with tert-alkyl or cyclic N) is 1. The van der Waals surface area contributed by atoms with Crippen LogP contribution in [0.15, 0.2) is 41.6 Å². The van der Waals surface area contributed by atoms with E-state index in [1.807, 2.05) is 0 Å². The first-order valence-corrected chi connectivity index (χ1v) is 9.54. The maximum Gasteiger partial charge on any atom is 0.260 e. The van der Waals surface area contributed by atoms with Crippen molar-refractivity contribution in [3.63, 3.8) is 0 Å². The number of sulfonamides is 1. The molecule has 0 spiro atoms. The minimum atomic E-state index is -4.14. The zero-order valence-corrected chi connectivity index (χ0v) is 15.2. The molecule has 1 saturated heterocycles. The van der Waals surface area contributed by atoms with Gasteiger partial charge in [-0.15, -0.1) is 0 Å². The SMILES string of the molecule is N#Cc1ccc(OC2CN(S(=O)(=O)c3ccc(F)cn3)C[C@@]2(O)CN)cc1F. The third-order valence-electron chi connectivity index (χ3n) is 4.42. The second-order valence-electron chi connectivity index (χ2n) is 6.28. The molecule has 3 N–H and O–H groups in total. The van der Waals surface area contributed by atoms with Crippen LogP contribution in [0.1, 0.15) is 5.56 Å². The Bertz CT molecular complexity index is 1030. The summed E-state index contributed by atoms with van der Waals surface area (Å²) in [6.45, 7) is -0.982. The molecule has 148 valence electrons. The molecule has 0 aliphatic carbocycles. The summed E-state index contributed by atoms with van der Waals surface area (Å²) in [4.78, 5) is 3.57. The number of aliphatic hydroxyl groups is 1. The third-order valence-corrected chi connectivity index (χ3v) is 6.14. The normalized spacial score (nSPS) is 22.8. The van der Waals surface area contributed by atoms with Crippen LogP contribution in [0.4, 0.5) is 8.78 Å². The van der Waals surface area contributed by atoms with Crippen LogP contribution >= 0.6 is 0 Å². The number of rotatable bonds is 5. The van der Waals surface area contributed by atoms with E-state index in [1.165, 1.54) is 12.1 Å². The lowest BCUT2D eigenvalue weighted by molar-refractivity contribution is -0.0201. The Morgan fingerprint density at radius 3 is 2.71 bits per heavy atom. The van der Waals surface area contributed by atoms with Crippen LogP contribution in [-0.2, 0) is 10.0 Å². The molecule has 1 fully saturated rings. The van der Waals surface area contributed by atoms with Crippen molar-refractivity contribution in [2.75, 3.05) is 19.6 Å². The minimum Gasteiger partial charge on any atom is -0.486 e. The van der Waals surface area contributed by atoms with Crippen molar-refractivity contribution >= 4 is 10.0 Å². The third kappa shape index (κ3) is 3.67. The summed E-state index contributed by atoms with van der Waals surface area (Å²) in [7, 11) is -4.14. The number of nitrogens with two attached hydrogens (primary N) is 1. The van der Waals surface area contributed by atoms with E-state index < -0.39 is 38.4 Å². The van der Waals surface area contributed by atoms with E-state index in [1.54, 1.807) is 6.07 Å². The zero-order chi connectivity index (χ0) is 20.5. The molecule has 11 heteroatoms. The van der Waals surface area contributed by atoms with E-state index in [9.17, 15) is 22.3 Å². The smallest absolute Gasteiger partial charge is 0.260 e. The molecule has 1 aliphatic rings. The summed E-state index contributed by atoms with van der Waals surface area (Å²) >= 11 is 0. The van der Waals surface area contributed by atoms with E-state index in [2.05, 4.69) is 4.98 Å². The zero-order valence-electron chi connectivity index (χ0n) is 14.4. The number of hydrogen-bond donors (Lipinski definition) is 2. The van der Waals surface area contributed by atoms with Gasteiger partial charge in [0.15, 0.2) is 5.03 Å². The lowest BCUT2D eigenvalue weighted by Gasteiger charge is -2.27. The van der Waals surface area contributed by atoms with E-state index in [0.717, 1.165) is 28.7 Å². The van der Waals surface area contributed by atoms with E-state index in [-0.39, 0.29) is 30.9 Å². The minimum absolute atomic E-state index is 0.00697. The van der Waals surface area contributed by atoms with Gasteiger partial charge in [0.05, 0.1) is 18.3 Å². The van der Waals surface area contributed by atoms with Crippen molar-refractivity contribution in [1.82, 2.24) is 9.29 Å². The average molecular weight is 410 g/mol. The van der Waals surface area contributed by atoms with Crippen molar-refractivity contribution in [3.8, 4) is 11.8 Å². The van der Waals surface area contributed by atoms with Gasteiger partial charge in [0, 0.05) is 19.2 Å². The lowest BCUT2D eigenvalue weighted by atomic mass is 10.0. The highest BCUT2D eigenvalue weighted by atomic mass is 32.2. The molecule has 8 nitrogen and oxygen atoms in total. The average Bonchev–Trinajstić information content (AvgIpc) is 3.00. The van der Waals surface area contributed by atoms with Crippen LogP contribution < -0.4 is 10.5 Å². The number of aromatic nitrogens is 1. The van der Waals surface area contributed by atoms with Crippen LogP contribution in [0, 0.1) is 23.0 Å². The number of nitriles is 1. The Balaban J connectivity index is 1.86. The van der Waals surface area contributed by atoms with Crippen molar-refractivity contribution in [2.24, 2.45) is 5.73 Å². The van der Waals surface area contributed by atoms with Gasteiger partial charge in [0.25, 0.3) is 10.0 Å². The van der Waals surface area contributed by atoms with Crippen LogP contribution in [0.25, 0.3) is 0 Å². The second kappa shape index (κ2) is 7.40. The molecule has 3 rings (SSSR count). The maximum absolute atomic E-state index is 13.8. The molecule has 1 aromatic carbocycles. The molecule has 28 heavy (non-hydrogen) atoms. The Kier molecular flexibility index (Phi) is 5.31. The van der Waals surface area contributed by atoms with Gasteiger partial charge in [-0.25, -0.2) is 22.2 Å². The number of pyridine rings is 1. The lowest BCUT2D eigenvalue weighted by Crippen LogP contribution is -2.50. The Labute approximate surface area is 159 Å². The van der Waals surface area contributed by atoms with E-state index >= 15 is 0 Å². The first kappa shape index (κ1) is 20.1. The molecule has 1 aromatic heterocycles. The fraction of sp³-hybridized carbons (Fsp3) is 0.294. The maximum atomic E-state index is 13.8. The molecule has 0 saturated carbocycles. The van der Waals surface area contributed by atoms with Crippen molar-refractivity contribution in [3.05, 3.63) is 53.7 Å². The van der Waals surface area contributed by atoms with Gasteiger partial charge in [-0.05, 0) is 24.3 Å². The van der Waals surface area contributed by atoms with Gasteiger partial charge in [-0.2, -0.15) is 9.57 Å². The summed E-state index contributed by atoms with van der Waals surface area (Å²) < 4.78 is 58.7. The monoisotopic (exact) mass is 410 g/mol. The Hall–Kier alpha value is -2.65. The van der Waals surface area contributed by atoms with Gasteiger partial charge >= 0.3 is 0 Å². The van der Waals surface area contributed by atoms with Crippen molar-refractivity contribution in [2.45, 2.75) is 16.7 Å². The summed E-state index contributed by atoms with van der Waals surface area (Å²) in [5.41, 5.74) is 3.70. The number of halogens is 2. The molecule has 2 aromatic rings. The molecule has 1 unspecified atom stereocenters. The number of ether oxygens (including phenoxy) is 1. The van der Waals surface area contributed by atoms with Gasteiger partial charge in [-0.3, -0.25) is 0 Å². The standard InChI is InChI=1S/C17H16F2N4O4S/c18-12-2-4-16(22-7-12)28(25,26)23-8-15(17(24,9-21)10-23)27-13-3-1-11(6-20)14(19)5-13/h1-5,7,15,24H,8-10,21H2/t15?,17-/m0/s1.